The number of aryl methyl sites for hydroxylation is 1. The first kappa shape index (κ1) is 24.4. The van der Waals surface area contributed by atoms with Gasteiger partial charge in [0.05, 0.1) is 0 Å². The molecule has 0 saturated heterocycles. The number of ether oxygens (including phenoxy) is 1. The lowest BCUT2D eigenvalue weighted by Crippen LogP contribution is -2.50. The van der Waals surface area contributed by atoms with Gasteiger partial charge in [-0.15, -0.1) is 0 Å². The lowest BCUT2D eigenvalue weighted by Gasteiger charge is -2.30. The van der Waals surface area contributed by atoms with E-state index in [1.807, 2.05) is 69.3 Å². The number of nitrogens with zero attached hydrogens (tertiary/aromatic N) is 1. The largest absolute Gasteiger partial charge is 0.484 e. The monoisotopic (exact) mass is 424 g/mol. The van der Waals surface area contributed by atoms with Crippen LogP contribution in [0.15, 0.2) is 48.5 Å². The maximum Gasteiger partial charge on any atom is 0.261 e. The maximum absolute atomic E-state index is 13.1. The molecule has 0 aliphatic heterocycles. The molecule has 31 heavy (non-hydrogen) atoms. The second kappa shape index (κ2) is 11.5. The summed E-state index contributed by atoms with van der Waals surface area (Å²) in [5, 5.41) is 2.98. The van der Waals surface area contributed by atoms with Gasteiger partial charge in [-0.3, -0.25) is 9.59 Å². The molecule has 5 nitrogen and oxygen atoms in total. The molecule has 0 aliphatic rings. The van der Waals surface area contributed by atoms with Crippen molar-refractivity contribution in [2.24, 2.45) is 0 Å². The highest BCUT2D eigenvalue weighted by atomic mass is 16.5. The Bertz CT molecular complexity index is 861. The molecule has 0 saturated carbocycles. The van der Waals surface area contributed by atoms with Gasteiger partial charge in [0, 0.05) is 12.6 Å². The Kier molecular flexibility index (Phi) is 9.10. The molecule has 1 N–H and O–H groups in total. The van der Waals surface area contributed by atoms with E-state index < -0.39 is 6.04 Å². The van der Waals surface area contributed by atoms with Crippen LogP contribution in [0.1, 0.15) is 63.6 Å². The summed E-state index contributed by atoms with van der Waals surface area (Å²) in [5.74, 6) is 0.705. The van der Waals surface area contributed by atoms with Crippen LogP contribution in [-0.2, 0) is 16.1 Å². The van der Waals surface area contributed by atoms with Crippen molar-refractivity contribution < 1.29 is 14.3 Å². The highest BCUT2D eigenvalue weighted by molar-refractivity contribution is 5.88. The van der Waals surface area contributed by atoms with Crippen molar-refractivity contribution in [3.8, 4) is 5.75 Å². The number of nitrogens with one attached hydrogen (secondary N) is 1. The third-order valence-electron chi connectivity index (χ3n) is 5.68. The van der Waals surface area contributed by atoms with Crippen LogP contribution in [0.5, 0.6) is 5.75 Å². The van der Waals surface area contributed by atoms with Gasteiger partial charge in [-0.2, -0.15) is 0 Å². The second-order valence-electron chi connectivity index (χ2n) is 8.45. The first-order valence-electron chi connectivity index (χ1n) is 11.1. The van der Waals surface area contributed by atoms with Gasteiger partial charge in [-0.1, -0.05) is 57.2 Å². The van der Waals surface area contributed by atoms with Crippen LogP contribution in [0.25, 0.3) is 0 Å². The number of benzene rings is 2. The van der Waals surface area contributed by atoms with Crippen LogP contribution in [0.3, 0.4) is 0 Å². The lowest BCUT2D eigenvalue weighted by atomic mass is 10.0. The molecule has 5 heteroatoms. The van der Waals surface area contributed by atoms with E-state index in [-0.39, 0.29) is 24.5 Å². The Balaban J connectivity index is 2.14. The summed E-state index contributed by atoms with van der Waals surface area (Å²) in [6.45, 7) is 12.3. The molecule has 168 valence electrons. The van der Waals surface area contributed by atoms with Gasteiger partial charge in [0.25, 0.3) is 5.91 Å². The fourth-order valence-corrected chi connectivity index (χ4v) is 3.20. The van der Waals surface area contributed by atoms with Crippen LogP contribution >= 0.6 is 0 Å². The first-order chi connectivity index (χ1) is 14.7. The minimum atomic E-state index is -0.604. The Labute approximate surface area is 186 Å². The van der Waals surface area contributed by atoms with E-state index in [2.05, 4.69) is 19.2 Å². The summed E-state index contributed by atoms with van der Waals surface area (Å²) in [6, 6.07) is 15.1. The standard InChI is InChI=1S/C26H36N2O3/c1-7-20(5)27-26(30)21(6)28(16-23-11-9-8-10-19(23)4)25(29)17-31-24-14-12-22(13-15-24)18(2)3/h8-15,18,20-21H,7,16-17H2,1-6H3,(H,27,30)/t20-,21-/m0/s1. The second-order valence-corrected chi connectivity index (χ2v) is 8.45. The molecule has 2 amide bonds. The van der Waals surface area contributed by atoms with Gasteiger partial charge in [-0.05, 0) is 61.9 Å². The van der Waals surface area contributed by atoms with Gasteiger partial charge in [0.15, 0.2) is 6.61 Å². The van der Waals surface area contributed by atoms with Gasteiger partial charge in [0.1, 0.15) is 11.8 Å². The molecule has 2 aromatic rings. The summed E-state index contributed by atoms with van der Waals surface area (Å²) >= 11 is 0. The van der Waals surface area contributed by atoms with Crippen LogP contribution < -0.4 is 10.1 Å². The van der Waals surface area contributed by atoms with Gasteiger partial charge < -0.3 is 15.0 Å². The summed E-state index contributed by atoms with van der Waals surface area (Å²) in [6.07, 6.45) is 0.833. The Morgan fingerprint density at radius 2 is 1.65 bits per heavy atom. The zero-order chi connectivity index (χ0) is 23.0. The molecule has 0 bridgehead atoms. The zero-order valence-corrected chi connectivity index (χ0v) is 19.6. The van der Waals surface area contributed by atoms with Crippen molar-refractivity contribution in [1.82, 2.24) is 10.2 Å². The first-order valence-corrected chi connectivity index (χ1v) is 11.1. The summed E-state index contributed by atoms with van der Waals surface area (Å²) in [4.78, 5) is 27.5. The number of hydrogen-bond acceptors (Lipinski definition) is 3. The third-order valence-corrected chi connectivity index (χ3v) is 5.68. The van der Waals surface area contributed by atoms with Gasteiger partial charge in [0.2, 0.25) is 5.91 Å². The number of carbonyl (C=O) groups excluding carboxylic acids is 2. The van der Waals surface area contributed by atoms with Crippen molar-refractivity contribution in [2.45, 2.75) is 72.5 Å². The van der Waals surface area contributed by atoms with Gasteiger partial charge in [-0.25, -0.2) is 0 Å². The van der Waals surface area contributed by atoms with Crippen molar-refractivity contribution in [1.29, 1.82) is 0 Å². The molecule has 0 aliphatic carbocycles. The minimum absolute atomic E-state index is 0.0566. The van der Waals surface area contributed by atoms with E-state index in [4.69, 9.17) is 4.74 Å². The molecule has 2 atom stereocenters. The minimum Gasteiger partial charge on any atom is -0.484 e. The van der Waals surface area contributed by atoms with Crippen molar-refractivity contribution in [3.63, 3.8) is 0 Å². The van der Waals surface area contributed by atoms with E-state index in [1.165, 1.54) is 5.56 Å². The molecular formula is C26H36N2O3. The molecule has 0 spiro atoms. The fourth-order valence-electron chi connectivity index (χ4n) is 3.20. The SMILES string of the molecule is CC[C@H](C)NC(=O)[C@H](C)N(Cc1ccccc1C)C(=O)COc1ccc(C(C)C)cc1. The summed E-state index contributed by atoms with van der Waals surface area (Å²) in [5.41, 5.74) is 3.32. The van der Waals surface area contributed by atoms with E-state index in [0.29, 0.717) is 18.2 Å². The molecule has 0 heterocycles. The number of amides is 2. The van der Waals surface area contributed by atoms with Gasteiger partial charge >= 0.3 is 0 Å². The smallest absolute Gasteiger partial charge is 0.261 e. The number of rotatable bonds is 10. The molecule has 0 unspecified atom stereocenters. The lowest BCUT2D eigenvalue weighted by molar-refractivity contribution is -0.142. The van der Waals surface area contributed by atoms with Crippen LogP contribution in [0.4, 0.5) is 0 Å². The van der Waals surface area contributed by atoms with Crippen LogP contribution in [0, 0.1) is 6.92 Å². The van der Waals surface area contributed by atoms with Crippen molar-refractivity contribution in [3.05, 3.63) is 65.2 Å². The zero-order valence-electron chi connectivity index (χ0n) is 19.6. The third kappa shape index (κ3) is 7.12. The van der Waals surface area contributed by atoms with E-state index in [1.54, 1.807) is 11.8 Å². The molecular weight excluding hydrogens is 388 g/mol. The summed E-state index contributed by atoms with van der Waals surface area (Å²) in [7, 11) is 0. The van der Waals surface area contributed by atoms with E-state index in [9.17, 15) is 9.59 Å². The predicted molar refractivity (Wildman–Crippen MR) is 125 cm³/mol. The average molecular weight is 425 g/mol. The molecule has 0 aromatic heterocycles. The average Bonchev–Trinajstić information content (AvgIpc) is 2.76. The normalized spacial score (nSPS) is 12.9. The van der Waals surface area contributed by atoms with Crippen LogP contribution in [0.2, 0.25) is 0 Å². The number of carbonyl (C=O) groups is 2. The highest BCUT2D eigenvalue weighted by Crippen LogP contribution is 2.19. The van der Waals surface area contributed by atoms with Crippen molar-refractivity contribution in [2.75, 3.05) is 6.61 Å². The predicted octanol–water partition coefficient (Wildman–Crippen LogP) is 4.83. The number of hydrogen-bond donors (Lipinski definition) is 1. The molecule has 0 radical (unpaired) electrons. The fraction of sp³-hybridized carbons (Fsp3) is 0.462. The quantitative estimate of drug-likeness (QED) is 0.594. The molecule has 2 rings (SSSR count). The molecule has 0 fully saturated rings. The summed E-state index contributed by atoms with van der Waals surface area (Å²) < 4.78 is 5.76. The highest BCUT2D eigenvalue weighted by Gasteiger charge is 2.27. The van der Waals surface area contributed by atoms with E-state index >= 15 is 0 Å². The Morgan fingerprint density at radius 3 is 2.23 bits per heavy atom. The van der Waals surface area contributed by atoms with Crippen LogP contribution in [-0.4, -0.2) is 35.4 Å². The Morgan fingerprint density at radius 1 is 1.00 bits per heavy atom. The van der Waals surface area contributed by atoms with E-state index in [0.717, 1.165) is 17.5 Å². The Hall–Kier alpha value is -2.82. The maximum atomic E-state index is 13.1. The molecule has 2 aromatic carbocycles. The van der Waals surface area contributed by atoms with Crippen molar-refractivity contribution >= 4 is 11.8 Å². The topological polar surface area (TPSA) is 58.6 Å².